The number of nitrogens with one attached hydrogen (secondary N) is 1. The van der Waals surface area contributed by atoms with Crippen LogP contribution < -0.4 is 15.0 Å². The third kappa shape index (κ3) is 6.11. The van der Waals surface area contributed by atoms with E-state index < -0.39 is 4.92 Å². The van der Waals surface area contributed by atoms with Crippen LogP contribution in [0.4, 0.5) is 17.5 Å². The average Bonchev–Trinajstić information content (AvgIpc) is 3.46. The number of non-ortho nitro benzene ring substituents is 1. The molecule has 0 aliphatic carbocycles. The number of carbonyl (C=O) groups is 1. The zero-order valence-corrected chi connectivity index (χ0v) is 24.6. The second-order valence-corrected chi connectivity index (χ2v) is 10.7. The Morgan fingerprint density at radius 1 is 1.02 bits per heavy atom. The minimum Gasteiger partial charge on any atom is -0.496 e. The van der Waals surface area contributed by atoms with Gasteiger partial charge in [-0.25, -0.2) is 4.98 Å². The van der Waals surface area contributed by atoms with Crippen LogP contribution in [-0.4, -0.2) is 68.5 Å². The number of imidazole rings is 1. The first-order valence-corrected chi connectivity index (χ1v) is 14.4. The lowest BCUT2D eigenvalue weighted by Crippen LogP contribution is -2.49. The van der Waals surface area contributed by atoms with Gasteiger partial charge in [-0.2, -0.15) is 9.97 Å². The quantitative estimate of drug-likeness (QED) is 0.180. The molecule has 0 saturated carbocycles. The largest absolute Gasteiger partial charge is 0.496 e. The number of nitro groups is 1. The maximum Gasteiger partial charge on any atom is 0.269 e. The molecule has 1 aliphatic rings. The molecule has 1 saturated heterocycles. The fraction of sp³-hybridized carbons (Fsp3) is 0.226. The summed E-state index contributed by atoms with van der Waals surface area (Å²) in [6.45, 7) is 2.95. The molecule has 0 bridgehead atoms. The minimum absolute atomic E-state index is 0.0321. The Balaban J connectivity index is 1.28. The van der Waals surface area contributed by atoms with Crippen LogP contribution in [0.25, 0.3) is 11.2 Å². The molecule has 3 heterocycles. The van der Waals surface area contributed by atoms with Crippen molar-refractivity contribution in [2.24, 2.45) is 0 Å². The number of methoxy groups -OCH3 is 1. The lowest BCUT2D eigenvalue weighted by atomic mass is 10.2. The molecule has 2 aromatic heterocycles. The van der Waals surface area contributed by atoms with Gasteiger partial charge in [0.2, 0.25) is 5.95 Å². The second kappa shape index (κ2) is 12.6. The molecular formula is C31H29ClN8O4. The van der Waals surface area contributed by atoms with Gasteiger partial charge in [-0.3, -0.25) is 14.9 Å². The highest BCUT2D eigenvalue weighted by Crippen LogP contribution is 2.27. The van der Waals surface area contributed by atoms with E-state index in [9.17, 15) is 14.9 Å². The summed E-state index contributed by atoms with van der Waals surface area (Å²) in [4.78, 5) is 42.1. The SMILES string of the molecule is COc1ccccc1CNc1nc(N2CCN(C(=O)c3cccc(Cl)c3)CC2)nc2c1ncn2Cc1ccc([N+](=O)[O-])cc1. The molecule has 44 heavy (non-hydrogen) atoms. The lowest BCUT2D eigenvalue weighted by molar-refractivity contribution is -0.384. The molecule has 6 rings (SSSR count). The zero-order valence-electron chi connectivity index (χ0n) is 23.9. The normalized spacial score (nSPS) is 13.2. The summed E-state index contributed by atoms with van der Waals surface area (Å²) >= 11 is 6.11. The number of carbonyl (C=O) groups excluding carboxylic acids is 1. The number of piperazine rings is 1. The molecule has 5 aromatic rings. The van der Waals surface area contributed by atoms with Crippen molar-refractivity contribution >= 4 is 46.1 Å². The van der Waals surface area contributed by atoms with Gasteiger partial charge in [-0.15, -0.1) is 0 Å². The molecule has 224 valence electrons. The highest BCUT2D eigenvalue weighted by molar-refractivity contribution is 6.30. The van der Waals surface area contributed by atoms with Gasteiger partial charge in [-0.05, 0) is 29.8 Å². The third-order valence-electron chi connectivity index (χ3n) is 7.51. The number of para-hydroxylation sites is 1. The van der Waals surface area contributed by atoms with Crippen LogP contribution in [-0.2, 0) is 13.1 Å². The van der Waals surface area contributed by atoms with Crippen molar-refractivity contribution in [3.8, 4) is 5.75 Å². The second-order valence-electron chi connectivity index (χ2n) is 10.3. The first kappa shape index (κ1) is 28.9. The van der Waals surface area contributed by atoms with Gasteiger partial charge < -0.3 is 24.4 Å². The monoisotopic (exact) mass is 612 g/mol. The van der Waals surface area contributed by atoms with Gasteiger partial charge in [0.15, 0.2) is 17.0 Å². The van der Waals surface area contributed by atoms with Crippen LogP contribution in [0.2, 0.25) is 5.02 Å². The molecule has 13 heteroatoms. The van der Waals surface area contributed by atoms with Crippen LogP contribution >= 0.6 is 11.6 Å². The van der Waals surface area contributed by atoms with E-state index in [4.69, 9.17) is 26.3 Å². The molecule has 1 amide bonds. The predicted molar refractivity (Wildman–Crippen MR) is 167 cm³/mol. The van der Waals surface area contributed by atoms with Crippen LogP contribution in [0.3, 0.4) is 0 Å². The number of ether oxygens (including phenoxy) is 1. The standard InChI is InChI=1S/C31H29ClN8O4/c1-44-26-8-3-2-5-23(26)18-33-28-27-29(39(20-34-27)19-21-9-11-25(12-10-21)40(42)43)36-31(35-28)38-15-13-37(14-16-38)30(41)22-6-4-7-24(32)17-22/h2-12,17,20H,13-16,18-19H2,1H3,(H,33,35,36). The number of amides is 1. The van der Waals surface area contributed by atoms with Crippen molar-refractivity contribution < 1.29 is 14.5 Å². The summed E-state index contributed by atoms with van der Waals surface area (Å²) in [5.41, 5.74) is 3.63. The molecule has 3 aromatic carbocycles. The molecule has 1 aliphatic heterocycles. The Hall–Kier alpha value is -5.23. The van der Waals surface area contributed by atoms with Crippen molar-refractivity contribution in [3.63, 3.8) is 0 Å². The average molecular weight is 613 g/mol. The van der Waals surface area contributed by atoms with Crippen molar-refractivity contribution in [3.05, 3.63) is 111 Å². The van der Waals surface area contributed by atoms with Crippen molar-refractivity contribution in [1.29, 1.82) is 0 Å². The first-order valence-electron chi connectivity index (χ1n) is 14.0. The fourth-order valence-electron chi connectivity index (χ4n) is 5.17. The number of hydrogen-bond donors (Lipinski definition) is 1. The Morgan fingerprint density at radius 3 is 2.52 bits per heavy atom. The molecule has 0 radical (unpaired) electrons. The Kier molecular flexibility index (Phi) is 8.24. The molecular weight excluding hydrogens is 584 g/mol. The Labute approximate surface area is 258 Å². The summed E-state index contributed by atoms with van der Waals surface area (Å²) in [7, 11) is 1.64. The molecule has 12 nitrogen and oxygen atoms in total. The first-order chi connectivity index (χ1) is 21.4. The van der Waals surface area contributed by atoms with E-state index in [0.717, 1.165) is 16.9 Å². The number of aromatic nitrogens is 4. The van der Waals surface area contributed by atoms with Crippen molar-refractivity contribution in [2.75, 3.05) is 43.5 Å². The number of nitrogens with zero attached hydrogens (tertiary/aromatic N) is 7. The summed E-state index contributed by atoms with van der Waals surface area (Å²) < 4.78 is 7.42. The third-order valence-corrected chi connectivity index (χ3v) is 7.75. The van der Waals surface area contributed by atoms with Crippen LogP contribution in [0.5, 0.6) is 5.75 Å². The highest BCUT2D eigenvalue weighted by Gasteiger charge is 2.25. The van der Waals surface area contributed by atoms with Gasteiger partial charge in [0.25, 0.3) is 11.6 Å². The van der Waals surface area contributed by atoms with Crippen LogP contribution in [0.1, 0.15) is 21.5 Å². The number of benzene rings is 3. The van der Waals surface area contributed by atoms with E-state index in [1.165, 1.54) is 12.1 Å². The van der Waals surface area contributed by atoms with E-state index in [0.29, 0.717) is 72.8 Å². The summed E-state index contributed by atoms with van der Waals surface area (Å²) in [6.07, 6.45) is 1.69. The smallest absolute Gasteiger partial charge is 0.269 e. The Morgan fingerprint density at radius 2 is 1.80 bits per heavy atom. The lowest BCUT2D eigenvalue weighted by Gasteiger charge is -2.35. The number of anilines is 2. The van der Waals surface area contributed by atoms with Crippen LogP contribution in [0, 0.1) is 10.1 Å². The molecule has 0 spiro atoms. The van der Waals surface area contributed by atoms with E-state index in [1.807, 2.05) is 28.8 Å². The molecule has 0 unspecified atom stereocenters. The summed E-state index contributed by atoms with van der Waals surface area (Å²) in [5, 5.41) is 15.1. The maximum atomic E-state index is 13.1. The minimum atomic E-state index is -0.419. The molecule has 1 fully saturated rings. The van der Waals surface area contributed by atoms with Crippen LogP contribution in [0.15, 0.2) is 79.1 Å². The number of rotatable bonds is 9. The van der Waals surface area contributed by atoms with Gasteiger partial charge in [0.1, 0.15) is 5.75 Å². The van der Waals surface area contributed by atoms with Gasteiger partial charge >= 0.3 is 0 Å². The predicted octanol–water partition coefficient (Wildman–Crippen LogP) is 5.02. The van der Waals surface area contributed by atoms with E-state index >= 15 is 0 Å². The van der Waals surface area contributed by atoms with Crippen molar-refractivity contribution in [2.45, 2.75) is 13.1 Å². The number of hydrogen-bond acceptors (Lipinski definition) is 9. The van der Waals surface area contributed by atoms with Gasteiger partial charge in [0.05, 0.1) is 24.9 Å². The van der Waals surface area contributed by atoms with E-state index in [-0.39, 0.29) is 11.6 Å². The number of fused-ring (bicyclic) bond motifs is 1. The molecule has 1 N–H and O–H groups in total. The van der Waals surface area contributed by atoms with E-state index in [1.54, 1.807) is 54.7 Å². The number of nitro benzene ring substituents is 1. The van der Waals surface area contributed by atoms with Gasteiger partial charge in [-0.1, -0.05) is 48.0 Å². The molecule has 0 atom stereocenters. The highest BCUT2D eigenvalue weighted by atomic mass is 35.5. The zero-order chi connectivity index (χ0) is 30.6. The fourth-order valence-corrected chi connectivity index (χ4v) is 5.36. The summed E-state index contributed by atoms with van der Waals surface area (Å²) in [6, 6.07) is 21.1. The number of halogens is 1. The van der Waals surface area contributed by atoms with Crippen molar-refractivity contribution in [1.82, 2.24) is 24.4 Å². The topological polar surface area (TPSA) is 132 Å². The maximum absolute atomic E-state index is 13.1. The van der Waals surface area contributed by atoms with Gasteiger partial charge in [0, 0.05) is 61.0 Å². The van der Waals surface area contributed by atoms with E-state index in [2.05, 4.69) is 15.2 Å². The summed E-state index contributed by atoms with van der Waals surface area (Å²) in [5.74, 6) is 1.77. The Bertz CT molecular complexity index is 1820.